The zero-order valence-electron chi connectivity index (χ0n) is 12.3. The van der Waals surface area contributed by atoms with E-state index in [2.05, 4.69) is 32.5 Å². The molecular formula is C14H18ClN5O. The molecule has 0 unspecified atom stereocenters. The number of ether oxygens (including phenoxy) is 1. The van der Waals surface area contributed by atoms with Crippen LogP contribution in [-0.4, -0.2) is 28.6 Å². The first-order chi connectivity index (χ1) is 10.1. The summed E-state index contributed by atoms with van der Waals surface area (Å²) in [5.74, 6) is 1.53. The number of nitrogens with zero attached hydrogens (tertiary/aromatic N) is 3. The van der Waals surface area contributed by atoms with Gasteiger partial charge in [0, 0.05) is 6.54 Å². The first-order valence-electron chi connectivity index (χ1n) is 6.69. The second kappa shape index (κ2) is 7.08. The van der Waals surface area contributed by atoms with Crippen molar-refractivity contribution in [1.29, 1.82) is 0 Å². The molecule has 0 aliphatic heterocycles. The summed E-state index contributed by atoms with van der Waals surface area (Å²) >= 11 is 5.93. The molecule has 0 bridgehead atoms. The maximum Gasteiger partial charge on any atom is 0.233 e. The smallest absolute Gasteiger partial charge is 0.233 e. The minimum Gasteiger partial charge on any atom is -0.495 e. The van der Waals surface area contributed by atoms with E-state index in [4.69, 9.17) is 16.3 Å². The lowest BCUT2D eigenvalue weighted by Crippen LogP contribution is -2.08. The molecule has 2 aromatic rings. The number of hydrogen-bond donors (Lipinski definition) is 2. The third kappa shape index (κ3) is 4.19. The number of rotatable bonds is 6. The fraction of sp³-hybridized carbons (Fsp3) is 0.357. The number of hydrogen-bond acceptors (Lipinski definition) is 6. The van der Waals surface area contributed by atoms with E-state index in [1.807, 2.05) is 25.1 Å². The van der Waals surface area contributed by atoms with Gasteiger partial charge in [-0.05, 0) is 42.6 Å². The van der Waals surface area contributed by atoms with Crippen molar-refractivity contribution in [1.82, 2.24) is 15.0 Å². The first kappa shape index (κ1) is 15.3. The minimum atomic E-state index is 0.137. The van der Waals surface area contributed by atoms with Crippen LogP contribution in [0.15, 0.2) is 18.2 Å². The van der Waals surface area contributed by atoms with Gasteiger partial charge in [-0.15, -0.1) is 0 Å². The van der Waals surface area contributed by atoms with E-state index in [0.717, 1.165) is 24.2 Å². The predicted octanol–water partition coefficient (Wildman–Crippen LogP) is 3.41. The largest absolute Gasteiger partial charge is 0.495 e. The zero-order chi connectivity index (χ0) is 15.2. The molecule has 0 saturated heterocycles. The Morgan fingerprint density at radius 2 is 1.95 bits per heavy atom. The average molecular weight is 308 g/mol. The van der Waals surface area contributed by atoms with Crippen molar-refractivity contribution in [3.05, 3.63) is 29.0 Å². The monoisotopic (exact) mass is 307 g/mol. The van der Waals surface area contributed by atoms with Gasteiger partial charge in [-0.1, -0.05) is 13.0 Å². The molecule has 112 valence electrons. The second-order valence-electron chi connectivity index (χ2n) is 4.51. The van der Waals surface area contributed by atoms with E-state index < -0.39 is 0 Å². The quantitative estimate of drug-likeness (QED) is 0.852. The summed E-state index contributed by atoms with van der Waals surface area (Å²) in [5, 5.41) is 6.33. The SMILES string of the molecule is CCCNc1nc(Cl)nc(Nc2cc(C)ccc2OC)n1. The van der Waals surface area contributed by atoms with Gasteiger partial charge >= 0.3 is 0 Å². The van der Waals surface area contributed by atoms with Crippen molar-refractivity contribution in [2.45, 2.75) is 20.3 Å². The van der Waals surface area contributed by atoms with Gasteiger partial charge in [-0.3, -0.25) is 0 Å². The molecule has 1 aromatic heterocycles. The molecule has 0 fully saturated rings. The van der Waals surface area contributed by atoms with E-state index >= 15 is 0 Å². The van der Waals surface area contributed by atoms with Crippen LogP contribution in [0.4, 0.5) is 17.6 Å². The Morgan fingerprint density at radius 1 is 1.19 bits per heavy atom. The van der Waals surface area contributed by atoms with Gasteiger partial charge in [0.1, 0.15) is 5.75 Å². The molecule has 0 amide bonds. The summed E-state index contributed by atoms with van der Waals surface area (Å²) in [6, 6.07) is 5.81. The van der Waals surface area contributed by atoms with Gasteiger partial charge in [-0.25, -0.2) is 0 Å². The number of anilines is 3. The van der Waals surface area contributed by atoms with Crippen LogP contribution < -0.4 is 15.4 Å². The average Bonchev–Trinajstić information content (AvgIpc) is 2.45. The third-order valence-electron chi connectivity index (χ3n) is 2.74. The van der Waals surface area contributed by atoms with E-state index in [9.17, 15) is 0 Å². The molecular weight excluding hydrogens is 290 g/mol. The summed E-state index contributed by atoms with van der Waals surface area (Å²) < 4.78 is 5.32. The van der Waals surface area contributed by atoms with Crippen LogP contribution in [-0.2, 0) is 0 Å². The second-order valence-corrected chi connectivity index (χ2v) is 4.85. The van der Waals surface area contributed by atoms with Crippen LogP contribution in [0.1, 0.15) is 18.9 Å². The highest BCUT2D eigenvalue weighted by Crippen LogP contribution is 2.27. The van der Waals surface area contributed by atoms with Crippen molar-refractivity contribution in [2.75, 3.05) is 24.3 Å². The Bertz CT molecular complexity index is 620. The Labute approximate surface area is 128 Å². The summed E-state index contributed by atoms with van der Waals surface area (Å²) in [4.78, 5) is 12.4. The van der Waals surface area contributed by atoms with Crippen molar-refractivity contribution in [3.63, 3.8) is 0 Å². The van der Waals surface area contributed by atoms with Crippen molar-refractivity contribution >= 4 is 29.2 Å². The first-order valence-corrected chi connectivity index (χ1v) is 7.07. The highest BCUT2D eigenvalue weighted by molar-refractivity contribution is 6.28. The number of nitrogens with one attached hydrogen (secondary N) is 2. The highest BCUT2D eigenvalue weighted by Gasteiger charge is 2.08. The molecule has 21 heavy (non-hydrogen) atoms. The van der Waals surface area contributed by atoms with Crippen LogP contribution in [0.25, 0.3) is 0 Å². The van der Waals surface area contributed by atoms with Crippen LogP contribution in [0.2, 0.25) is 5.28 Å². The molecule has 6 nitrogen and oxygen atoms in total. The van der Waals surface area contributed by atoms with Gasteiger partial charge in [0.25, 0.3) is 0 Å². The van der Waals surface area contributed by atoms with Crippen LogP contribution >= 0.6 is 11.6 Å². The molecule has 1 heterocycles. The molecule has 2 rings (SSSR count). The topological polar surface area (TPSA) is 72.0 Å². The van der Waals surface area contributed by atoms with Crippen LogP contribution in [0, 0.1) is 6.92 Å². The standard InChI is InChI=1S/C14H18ClN5O/c1-4-7-16-13-18-12(15)19-14(20-13)17-10-8-9(2)5-6-11(10)21-3/h5-6,8H,4,7H2,1-3H3,(H2,16,17,18,19,20). The van der Waals surface area contributed by atoms with Gasteiger partial charge in [0.15, 0.2) is 0 Å². The van der Waals surface area contributed by atoms with Crippen molar-refractivity contribution < 1.29 is 4.74 Å². The maximum absolute atomic E-state index is 5.93. The molecule has 0 saturated carbocycles. The maximum atomic E-state index is 5.93. The van der Waals surface area contributed by atoms with E-state index in [1.165, 1.54) is 0 Å². The third-order valence-corrected chi connectivity index (χ3v) is 2.91. The lowest BCUT2D eigenvalue weighted by molar-refractivity contribution is 0.416. The summed E-state index contributed by atoms with van der Waals surface area (Å²) in [5.41, 5.74) is 1.88. The van der Waals surface area contributed by atoms with E-state index in [-0.39, 0.29) is 5.28 Å². The normalized spacial score (nSPS) is 10.3. The van der Waals surface area contributed by atoms with Gasteiger partial charge in [-0.2, -0.15) is 15.0 Å². The Kier molecular flexibility index (Phi) is 5.16. The van der Waals surface area contributed by atoms with Crippen LogP contribution in [0.5, 0.6) is 5.75 Å². The predicted molar refractivity (Wildman–Crippen MR) is 84.6 cm³/mol. The summed E-state index contributed by atoms with van der Waals surface area (Å²) in [6.07, 6.45) is 0.970. The fourth-order valence-corrected chi connectivity index (χ4v) is 1.92. The lowest BCUT2D eigenvalue weighted by atomic mass is 10.2. The Hall–Kier alpha value is -2.08. The Balaban J connectivity index is 2.26. The molecule has 2 N–H and O–H groups in total. The molecule has 1 aromatic carbocycles. The number of aryl methyl sites for hydroxylation is 1. The molecule has 0 aliphatic carbocycles. The van der Waals surface area contributed by atoms with Gasteiger partial charge < -0.3 is 15.4 Å². The Morgan fingerprint density at radius 3 is 2.67 bits per heavy atom. The minimum absolute atomic E-state index is 0.137. The summed E-state index contributed by atoms with van der Waals surface area (Å²) in [7, 11) is 1.62. The summed E-state index contributed by atoms with van der Waals surface area (Å²) in [6.45, 7) is 4.83. The van der Waals surface area contributed by atoms with Crippen molar-refractivity contribution in [2.24, 2.45) is 0 Å². The van der Waals surface area contributed by atoms with Crippen LogP contribution in [0.3, 0.4) is 0 Å². The van der Waals surface area contributed by atoms with Gasteiger partial charge in [0.2, 0.25) is 17.2 Å². The highest BCUT2D eigenvalue weighted by atomic mass is 35.5. The molecule has 0 atom stereocenters. The number of benzene rings is 1. The molecule has 7 heteroatoms. The van der Waals surface area contributed by atoms with Gasteiger partial charge in [0.05, 0.1) is 12.8 Å². The molecule has 0 spiro atoms. The zero-order valence-corrected chi connectivity index (χ0v) is 13.0. The fourth-order valence-electron chi connectivity index (χ4n) is 1.76. The van der Waals surface area contributed by atoms with E-state index in [1.54, 1.807) is 7.11 Å². The van der Waals surface area contributed by atoms with Crippen molar-refractivity contribution in [3.8, 4) is 5.75 Å². The van der Waals surface area contributed by atoms with E-state index in [0.29, 0.717) is 17.6 Å². The number of halogens is 1. The molecule has 0 radical (unpaired) electrons. The molecule has 0 aliphatic rings. The lowest BCUT2D eigenvalue weighted by Gasteiger charge is -2.11. The number of aromatic nitrogens is 3. The number of methoxy groups -OCH3 is 1.